The molecule has 0 saturated carbocycles. The molecule has 0 aliphatic rings. The van der Waals surface area contributed by atoms with Crippen molar-refractivity contribution in [3.05, 3.63) is 95.8 Å². The Hall–Kier alpha value is -3.67. The molecule has 3 aromatic rings. The van der Waals surface area contributed by atoms with E-state index in [0.717, 1.165) is 16.9 Å². The molecule has 3 rings (SSSR count). The molecule has 1 aromatic heterocycles. The van der Waals surface area contributed by atoms with Crippen LogP contribution in [-0.2, 0) is 17.8 Å². The van der Waals surface area contributed by atoms with E-state index in [1.54, 1.807) is 18.2 Å². The van der Waals surface area contributed by atoms with Crippen molar-refractivity contribution in [3.63, 3.8) is 0 Å². The summed E-state index contributed by atoms with van der Waals surface area (Å²) < 4.78 is 5.75. The van der Waals surface area contributed by atoms with Gasteiger partial charge < -0.3 is 15.8 Å². The van der Waals surface area contributed by atoms with E-state index >= 15 is 0 Å². The van der Waals surface area contributed by atoms with E-state index in [4.69, 9.17) is 10.5 Å². The van der Waals surface area contributed by atoms with Crippen molar-refractivity contribution >= 4 is 11.8 Å². The molecule has 0 aliphatic carbocycles. The summed E-state index contributed by atoms with van der Waals surface area (Å²) in [6, 6.07) is 21.4. The summed E-state index contributed by atoms with van der Waals surface area (Å²) in [5, 5.41) is 2.64. The number of benzene rings is 2. The van der Waals surface area contributed by atoms with Gasteiger partial charge in [0.2, 0.25) is 5.91 Å². The number of primary amides is 1. The molecular formula is C22H21N3O3. The predicted molar refractivity (Wildman–Crippen MR) is 106 cm³/mol. The largest absolute Gasteiger partial charge is 0.489 e. The van der Waals surface area contributed by atoms with Crippen molar-refractivity contribution in [2.75, 3.05) is 0 Å². The molecule has 0 spiro atoms. The zero-order valence-corrected chi connectivity index (χ0v) is 15.2. The lowest BCUT2D eigenvalue weighted by molar-refractivity contribution is -0.119. The number of aromatic nitrogens is 1. The van der Waals surface area contributed by atoms with E-state index in [1.807, 2.05) is 54.6 Å². The first-order chi connectivity index (χ1) is 13.6. The Bertz CT molecular complexity index is 913. The number of rotatable bonds is 8. The first-order valence-electron chi connectivity index (χ1n) is 8.88. The third kappa shape index (κ3) is 5.41. The van der Waals surface area contributed by atoms with Gasteiger partial charge in [-0.3, -0.25) is 14.6 Å². The van der Waals surface area contributed by atoms with E-state index in [-0.39, 0.29) is 12.1 Å². The third-order valence-electron chi connectivity index (χ3n) is 4.16. The maximum atomic E-state index is 12.2. The number of pyridine rings is 1. The van der Waals surface area contributed by atoms with E-state index < -0.39 is 17.9 Å². The molecule has 0 fully saturated rings. The fourth-order valence-corrected chi connectivity index (χ4v) is 2.65. The minimum atomic E-state index is -0.828. The van der Waals surface area contributed by atoms with Crippen molar-refractivity contribution in [3.8, 4) is 5.75 Å². The first-order valence-corrected chi connectivity index (χ1v) is 8.88. The van der Waals surface area contributed by atoms with Crippen LogP contribution in [0.1, 0.15) is 21.6 Å². The lowest BCUT2D eigenvalue weighted by atomic mass is 10.0. The van der Waals surface area contributed by atoms with E-state index in [0.29, 0.717) is 6.61 Å². The zero-order valence-electron chi connectivity index (χ0n) is 15.2. The van der Waals surface area contributed by atoms with Crippen molar-refractivity contribution in [1.29, 1.82) is 0 Å². The number of ether oxygens (including phenoxy) is 1. The Morgan fingerprint density at radius 3 is 2.29 bits per heavy atom. The summed E-state index contributed by atoms with van der Waals surface area (Å²) in [7, 11) is 0. The number of amides is 2. The van der Waals surface area contributed by atoms with Gasteiger partial charge in [0.25, 0.3) is 5.91 Å². The van der Waals surface area contributed by atoms with Gasteiger partial charge in [0.15, 0.2) is 0 Å². The minimum Gasteiger partial charge on any atom is -0.489 e. The standard InChI is InChI=1S/C22H21N3O3/c23-21(26)20(25-22(27)19-8-4-5-13-24-19)14-16-9-11-18(12-10-16)28-15-17-6-2-1-3-7-17/h1-13,20H,14-15H2,(H2,23,26)(H,25,27)/t20-/m1/s1. The molecule has 0 radical (unpaired) electrons. The summed E-state index contributed by atoms with van der Waals surface area (Å²) in [6.07, 6.45) is 1.80. The van der Waals surface area contributed by atoms with Gasteiger partial charge in [-0.1, -0.05) is 48.5 Å². The number of carbonyl (C=O) groups is 2. The quantitative estimate of drug-likeness (QED) is 0.632. The molecule has 1 atom stereocenters. The van der Waals surface area contributed by atoms with Crippen molar-refractivity contribution in [2.24, 2.45) is 5.73 Å². The second-order valence-electron chi connectivity index (χ2n) is 6.27. The molecule has 0 aliphatic heterocycles. The molecule has 2 aromatic carbocycles. The lowest BCUT2D eigenvalue weighted by Gasteiger charge is -2.15. The lowest BCUT2D eigenvalue weighted by Crippen LogP contribution is -2.46. The number of nitrogens with one attached hydrogen (secondary N) is 1. The maximum Gasteiger partial charge on any atom is 0.270 e. The first kappa shape index (κ1) is 19.1. The van der Waals surface area contributed by atoms with Crippen LogP contribution in [0.3, 0.4) is 0 Å². The van der Waals surface area contributed by atoms with Gasteiger partial charge >= 0.3 is 0 Å². The van der Waals surface area contributed by atoms with E-state index in [2.05, 4.69) is 10.3 Å². The second kappa shape index (κ2) is 9.32. The highest BCUT2D eigenvalue weighted by atomic mass is 16.5. The maximum absolute atomic E-state index is 12.2. The highest BCUT2D eigenvalue weighted by Gasteiger charge is 2.20. The fourth-order valence-electron chi connectivity index (χ4n) is 2.65. The molecule has 0 bridgehead atoms. The van der Waals surface area contributed by atoms with Crippen molar-refractivity contribution in [1.82, 2.24) is 10.3 Å². The predicted octanol–water partition coefficient (Wildman–Crippen LogP) is 2.49. The molecule has 0 saturated heterocycles. The van der Waals surface area contributed by atoms with Crippen LogP contribution in [0, 0.1) is 0 Å². The zero-order chi connectivity index (χ0) is 19.8. The Balaban J connectivity index is 1.59. The highest BCUT2D eigenvalue weighted by Crippen LogP contribution is 2.15. The Labute approximate surface area is 163 Å². The normalized spacial score (nSPS) is 11.4. The average Bonchev–Trinajstić information content (AvgIpc) is 2.74. The van der Waals surface area contributed by atoms with Gasteiger partial charge in [0.05, 0.1) is 0 Å². The van der Waals surface area contributed by atoms with Crippen molar-refractivity contribution < 1.29 is 14.3 Å². The molecule has 1 heterocycles. The van der Waals surface area contributed by atoms with Crippen LogP contribution in [0.2, 0.25) is 0 Å². The van der Waals surface area contributed by atoms with Gasteiger partial charge in [-0.25, -0.2) is 0 Å². The fraction of sp³-hybridized carbons (Fsp3) is 0.136. The van der Waals surface area contributed by atoms with Crippen molar-refractivity contribution in [2.45, 2.75) is 19.1 Å². The SMILES string of the molecule is NC(=O)[C@@H](Cc1ccc(OCc2ccccc2)cc1)NC(=O)c1ccccn1. The summed E-state index contributed by atoms with van der Waals surface area (Å²) in [6.45, 7) is 0.476. The number of hydrogen-bond acceptors (Lipinski definition) is 4. The summed E-state index contributed by atoms with van der Waals surface area (Å²) in [5.74, 6) is -0.318. The number of nitrogens with two attached hydrogens (primary N) is 1. The highest BCUT2D eigenvalue weighted by molar-refractivity contribution is 5.95. The van der Waals surface area contributed by atoms with E-state index in [1.165, 1.54) is 6.20 Å². The summed E-state index contributed by atoms with van der Waals surface area (Å²) in [4.78, 5) is 28.0. The topological polar surface area (TPSA) is 94.3 Å². The van der Waals surface area contributed by atoms with Gasteiger partial charge in [-0.2, -0.15) is 0 Å². The second-order valence-corrected chi connectivity index (χ2v) is 6.27. The van der Waals surface area contributed by atoms with Crippen LogP contribution >= 0.6 is 0 Å². The molecule has 28 heavy (non-hydrogen) atoms. The summed E-state index contributed by atoms with van der Waals surface area (Å²) >= 11 is 0. The van der Waals surface area contributed by atoms with Crippen LogP contribution in [-0.4, -0.2) is 22.8 Å². The van der Waals surface area contributed by atoms with Crippen LogP contribution in [0.5, 0.6) is 5.75 Å². The Morgan fingerprint density at radius 2 is 1.64 bits per heavy atom. The van der Waals surface area contributed by atoms with Crippen LogP contribution in [0.4, 0.5) is 0 Å². The molecular weight excluding hydrogens is 354 g/mol. The molecule has 6 nitrogen and oxygen atoms in total. The van der Waals surface area contributed by atoms with Crippen LogP contribution in [0.25, 0.3) is 0 Å². The number of nitrogens with zero attached hydrogens (tertiary/aromatic N) is 1. The molecule has 6 heteroatoms. The Morgan fingerprint density at radius 1 is 0.929 bits per heavy atom. The smallest absolute Gasteiger partial charge is 0.270 e. The Kier molecular flexibility index (Phi) is 6.36. The van der Waals surface area contributed by atoms with E-state index in [9.17, 15) is 9.59 Å². The third-order valence-corrected chi connectivity index (χ3v) is 4.16. The molecule has 3 N–H and O–H groups in total. The molecule has 2 amide bonds. The summed E-state index contributed by atoms with van der Waals surface area (Å²) in [5.41, 5.74) is 7.63. The van der Waals surface area contributed by atoms with Crippen LogP contribution in [0.15, 0.2) is 79.0 Å². The molecule has 142 valence electrons. The number of hydrogen-bond donors (Lipinski definition) is 2. The molecule has 0 unspecified atom stereocenters. The average molecular weight is 375 g/mol. The van der Waals surface area contributed by atoms with Gasteiger partial charge in [-0.05, 0) is 35.4 Å². The number of carbonyl (C=O) groups excluding carboxylic acids is 2. The van der Waals surface area contributed by atoms with Gasteiger partial charge in [0, 0.05) is 12.6 Å². The van der Waals surface area contributed by atoms with Gasteiger partial charge in [0.1, 0.15) is 24.1 Å². The minimum absolute atomic E-state index is 0.235. The van der Waals surface area contributed by atoms with Crippen LogP contribution < -0.4 is 15.8 Å². The monoisotopic (exact) mass is 375 g/mol. The van der Waals surface area contributed by atoms with Gasteiger partial charge in [-0.15, -0.1) is 0 Å².